The van der Waals surface area contributed by atoms with E-state index in [1.54, 1.807) is 7.11 Å². The highest BCUT2D eigenvalue weighted by atomic mass is 79.9. The Bertz CT molecular complexity index is 354. The molecule has 4 nitrogen and oxygen atoms in total. The number of methoxy groups -OCH3 is 1. The molecule has 0 aliphatic rings. The van der Waals surface area contributed by atoms with E-state index in [0.29, 0.717) is 18.6 Å². The maximum absolute atomic E-state index is 5.14. The summed E-state index contributed by atoms with van der Waals surface area (Å²) in [5, 5.41) is 7.98. The summed E-state index contributed by atoms with van der Waals surface area (Å²) >= 11 is 3.61. The molecule has 0 spiro atoms. The fourth-order valence-electron chi connectivity index (χ4n) is 2.06. The van der Waals surface area contributed by atoms with E-state index in [4.69, 9.17) is 4.74 Å². The summed E-state index contributed by atoms with van der Waals surface area (Å²) in [4.78, 5) is 0. The van der Waals surface area contributed by atoms with Crippen LogP contribution in [0.25, 0.3) is 0 Å². The lowest BCUT2D eigenvalue weighted by Crippen LogP contribution is -2.29. The molecule has 104 valence electrons. The number of hydrogen-bond donors (Lipinski definition) is 1. The zero-order valence-electron chi connectivity index (χ0n) is 11.7. The molecule has 2 atom stereocenters. The number of hydrogen-bond acceptors (Lipinski definition) is 3. The minimum atomic E-state index is 0.328. The molecule has 0 saturated carbocycles. The predicted octanol–water partition coefficient (Wildman–Crippen LogP) is 2.99. The Labute approximate surface area is 118 Å². The van der Waals surface area contributed by atoms with E-state index in [1.807, 2.05) is 10.9 Å². The highest BCUT2D eigenvalue weighted by Crippen LogP contribution is 2.30. The summed E-state index contributed by atoms with van der Waals surface area (Å²) in [7, 11) is 1.72. The van der Waals surface area contributed by atoms with Crippen LogP contribution in [-0.4, -0.2) is 30.0 Å². The van der Waals surface area contributed by atoms with Crippen LogP contribution in [0.5, 0.6) is 0 Å². The maximum Gasteiger partial charge on any atom is 0.0699 e. The number of nitrogens with zero attached hydrogens (tertiary/aromatic N) is 2. The third-order valence-electron chi connectivity index (χ3n) is 3.27. The van der Waals surface area contributed by atoms with Crippen LogP contribution in [0.15, 0.2) is 10.7 Å². The van der Waals surface area contributed by atoms with Gasteiger partial charge in [0, 0.05) is 7.11 Å². The van der Waals surface area contributed by atoms with Gasteiger partial charge in [0.2, 0.25) is 0 Å². The van der Waals surface area contributed by atoms with Crippen molar-refractivity contribution >= 4 is 15.9 Å². The van der Waals surface area contributed by atoms with Crippen LogP contribution in [-0.2, 0) is 11.3 Å². The molecule has 0 fully saturated rings. The number of halogens is 1. The molecule has 0 aliphatic heterocycles. The van der Waals surface area contributed by atoms with Crippen LogP contribution in [0.4, 0.5) is 0 Å². The number of aromatic nitrogens is 2. The fourth-order valence-corrected chi connectivity index (χ4v) is 2.60. The van der Waals surface area contributed by atoms with Gasteiger partial charge in [-0.05, 0) is 28.4 Å². The van der Waals surface area contributed by atoms with Crippen LogP contribution in [0, 0.1) is 5.92 Å². The Balaban J connectivity index is 2.97. The maximum atomic E-state index is 5.14. The van der Waals surface area contributed by atoms with Crippen molar-refractivity contribution in [3.05, 3.63) is 16.4 Å². The quantitative estimate of drug-likeness (QED) is 0.801. The molecule has 0 radical (unpaired) electrons. The molecule has 1 rings (SSSR count). The molecule has 1 N–H and O–H groups in total. The summed E-state index contributed by atoms with van der Waals surface area (Å²) in [6, 6.07) is 0.328. The Kier molecular flexibility index (Phi) is 6.89. The van der Waals surface area contributed by atoms with Crippen molar-refractivity contribution in [3.8, 4) is 0 Å². The second-order valence-electron chi connectivity index (χ2n) is 4.51. The van der Waals surface area contributed by atoms with E-state index < -0.39 is 0 Å². The minimum Gasteiger partial charge on any atom is -0.383 e. The normalized spacial score (nSPS) is 14.7. The molecule has 0 aromatic carbocycles. The van der Waals surface area contributed by atoms with Gasteiger partial charge in [-0.25, -0.2) is 0 Å². The Morgan fingerprint density at radius 1 is 1.50 bits per heavy atom. The Morgan fingerprint density at radius 3 is 2.78 bits per heavy atom. The van der Waals surface area contributed by atoms with Gasteiger partial charge in [-0.15, -0.1) is 0 Å². The molecule has 0 bridgehead atoms. The molecule has 0 aliphatic carbocycles. The van der Waals surface area contributed by atoms with E-state index in [0.717, 1.165) is 24.0 Å². The van der Waals surface area contributed by atoms with Crippen molar-refractivity contribution in [2.24, 2.45) is 5.92 Å². The Hall–Kier alpha value is -0.390. The second-order valence-corrected chi connectivity index (χ2v) is 5.37. The first-order chi connectivity index (χ1) is 8.65. The SMILES string of the molecule is CCNC(c1c(Br)cnn1CCOC)C(C)CC. The lowest BCUT2D eigenvalue weighted by atomic mass is 9.96. The van der Waals surface area contributed by atoms with Crippen LogP contribution in [0.3, 0.4) is 0 Å². The largest absolute Gasteiger partial charge is 0.383 e. The van der Waals surface area contributed by atoms with E-state index in [2.05, 4.69) is 47.1 Å². The van der Waals surface area contributed by atoms with Crippen LogP contribution in [0.1, 0.15) is 38.9 Å². The number of rotatable bonds is 8. The van der Waals surface area contributed by atoms with Crippen molar-refractivity contribution in [2.75, 3.05) is 20.3 Å². The van der Waals surface area contributed by atoms with Crippen molar-refractivity contribution in [2.45, 2.75) is 39.8 Å². The monoisotopic (exact) mass is 317 g/mol. The van der Waals surface area contributed by atoms with Gasteiger partial charge >= 0.3 is 0 Å². The van der Waals surface area contributed by atoms with E-state index in [1.165, 1.54) is 5.69 Å². The van der Waals surface area contributed by atoms with Gasteiger partial charge in [0.15, 0.2) is 0 Å². The van der Waals surface area contributed by atoms with Crippen molar-refractivity contribution < 1.29 is 4.74 Å². The predicted molar refractivity (Wildman–Crippen MR) is 77.7 cm³/mol. The third kappa shape index (κ3) is 3.80. The van der Waals surface area contributed by atoms with Crippen LogP contribution >= 0.6 is 15.9 Å². The smallest absolute Gasteiger partial charge is 0.0699 e. The van der Waals surface area contributed by atoms with Gasteiger partial charge < -0.3 is 10.1 Å². The second kappa shape index (κ2) is 7.92. The summed E-state index contributed by atoms with van der Waals surface area (Å²) < 4.78 is 8.25. The van der Waals surface area contributed by atoms with Crippen molar-refractivity contribution in [1.82, 2.24) is 15.1 Å². The zero-order valence-corrected chi connectivity index (χ0v) is 13.3. The van der Waals surface area contributed by atoms with Crippen LogP contribution < -0.4 is 5.32 Å². The molecule has 1 heterocycles. The van der Waals surface area contributed by atoms with Gasteiger partial charge in [0.05, 0.1) is 35.6 Å². The molecular formula is C13H24BrN3O. The number of ether oxygens (including phenoxy) is 1. The van der Waals surface area contributed by atoms with Crippen LogP contribution in [0.2, 0.25) is 0 Å². The van der Waals surface area contributed by atoms with Gasteiger partial charge in [-0.1, -0.05) is 27.2 Å². The van der Waals surface area contributed by atoms with E-state index >= 15 is 0 Å². The first-order valence-electron chi connectivity index (χ1n) is 6.59. The molecule has 0 saturated heterocycles. The van der Waals surface area contributed by atoms with Crippen molar-refractivity contribution in [3.63, 3.8) is 0 Å². The van der Waals surface area contributed by atoms with Gasteiger partial charge in [0.1, 0.15) is 0 Å². The lowest BCUT2D eigenvalue weighted by Gasteiger charge is -2.25. The molecule has 1 aromatic rings. The highest BCUT2D eigenvalue weighted by Gasteiger charge is 2.23. The van der Waals surface area contributed by atoms with Crippen molar-refractivity contribution in [1.29, 1.82) is 0 Å². The lowest BCUT2D eigenvalue weighted by molar-refractivity contribution is 0.180. The summed E-state index contributed by atoms with van der Waals surface area (Å²) in [6.07, 6.45) is 3.01. The van der Waals surface area contributed by atoms with Gasteiger partial charge in [-0.2, -0.15) is 5.10 Å². The Morgan fingerprint density at radius 2 is 2.22 bits per heavy atom. The van der Waals surface area contributed by atoms with Gasteiger partial charge in [-0.3, -0.25) is 4.68 Å². The summed E-state index contributed by atoms with van der Waals surface area (Å²) in [6.45, 7) is 9.05. The van der Waals surface area contributed by atoms with E-state index in [9.17, 15) is 0 Å². The molecule has 2 unspecified atom stereocenters. The zero-order chi connectivity index (χ0) is 13.5. The highest BCUT2D eigenvalue weighted by molar-refractivity contribution is 9.10. The first-order valence-corrected chi connectivity index (χ1v) is 7.38. The fraction of sp³-hybridized carbons (Fsp3) is 0.769. The summed E-state index contributed by atoms with van der Waals surface area (Å²) in [5.74, 6) is 0.569. The molecular weight excluding hydrogens is 294 g/mol. The third-order valence-corrected chi connectivity index (χ3v) is 3.88. The molecule has 5 heteroatoms. The average Bonchev–Trinajstić information content (AvgIpc) is 2.74. The van der Waals surface area contributed by atoms with Gasteiger partial charge in [0.25, 0.3) is 0 Å². The topological polar surface area (TPSA) is 39.1 Å². The first kappa shape index (κ1) is 15.7. The number of nitrogens with one attached hydrogen (secondary N) is 1. The molecule has 0 amide bonds. The standard InChI is InChI=1S/C13H24BrN3O/c1-5-10(3)12(15-6-2)13-11(14)9-16-17(13)7-8-18-4/h9-10,12,15H,5-8H2,1-4H3. The minimum absolute atomic E-state index is 0.328. The summed E-state index contributed by atoms with van der Waals surface area (Å²) in [5.41, 5.74) is 1.23. The molecule has 18 heavy (non-hydrogen) atoms. The van der Waals surface area contributed by atoms with E-state index in [-0.39, 0.29) is 0 Å². The molecule has 1 aromatic heterocycles. The average molecular weight is 318 g/mol.